The van der Waals surface area contributed by atoms with Crippen molar-refractivity contribution in [2.24, 2.45) is 0 Å². The Hall–Kier alpha value is -1.00. The van der Waals surface area contributed by atoms with Crippen molar-refractivity contribution < 1.29 is 27.9 Å². The molecule has 1 rings (SSSR count). The van der Waals surface area contributed by atoms with Crippen LogP contribution >= 0.6 is 11.8 Å². The number of ether oxygens (including phenoxy) is 1. The monoisotopic (exact) mass is 312 g/mol. The molecule has 0 aromatic carbocycles. The van der Waals surface area contributed by atoms with E-state index < -0.39 is 28.3 Å². The van der Waals surface area contributed by atoms with Gasteiger partial charge in [0.1, 0.15) is 0 Å². The average Bonchev–Trinajstić information content (AvgIpc) is 2.28. The summed E-state index contributed by atoms with van der Waals surface area (Å²) >= 11 is 1.48. The van der Waals surface area contributed by atoms with Crippen LogP contribution in [0.15, 0.2) is 0 Å². The highest BCUT2D eigenvalue weighted by Crippen LogP contribution is 2.21. The Morgan fingerprint density at radius 2 is 2.21 bits per heavy atom. The Kier molecular flexibility index (Phi) is 5.88. The lowest BCUT2D eigenvalue weighted by Crippen LogP contribution is -2.52. The standard InChI is InChI=1S/C9H16N2O6S2/c1-2-17-9(14)10-19(15,16)11-3-4-18-6-7(11)5-8(12)13/h7H,2-6H2,1H3,(H,10,14)(H,12,13). The second-order valence-electron chi connectivity index (χ2n) is 3.76. The van der Waals surface area contributed by atoms with Gasteiger partial charge >= 0.3 is 22.3 Å². The van der Waals surface area contributed by atoms with E-state index in [4.69, 9.17) is 5.11 Å². The van der Waals surface area contributed by atoms with Crippen LogP contribution in [-0.4, -0.2) is 60.6 Å². The molecule has 0 bridgehead atoms. The highest BCUT2D eigenvalue weighted by molar-refractivity contribution is 7.99. The molecule has 1 amide bonds. The summed E-state index contributed by atoms with van der Waals surface area (Å²) in [5, 5.41) is 8.77. The maximum absolute atomic E-state index is 12.0. The van der Waals surface area contributed by atoms with Crippen LogP contribution in [0.2, 0.25) is 0 Å². The topological polar surface area (TPSA) is 113 Å². The van der Waals surface area contributed by atoms with Crippen LogP contribution in [0, 0.1) is 0 Å². The van der Waals surface area contributed by atoms with E-state index in [1.165, 1.54) is 11.8 Å². The Labute approximate surface area is 115 Å². The first-order valence-electron chi connectivity index (χ1n) is 5.62. The van der Waals surface area contributed by atoms with Crippen LogP contribution in [0.5, 0.6) is 0 Å². The molecule has 1 saturated heterocycles. The maximum atomic E-state index is 12.0. The van der Waals surface area contributed by atoms with E-state index in [0.717, 1.165) is 4.31 Å². The van der Waals surface area contributed by atoms with Gasteiger partial charge in [-0.15, -0.1) is 0 Å². The van der Waals surface area contributed by atoms with E-state index in [1.807, 2.05) is 0 Å². The molecule has 1 heterocycles. The second-order valence-corrected chi connectivity index (χ2v) is 6.54. The molecule has 1 atom stereocenters. The molecule has 1 fully saturated rings. The quantitative estimate of drug-likeness (QED) is 0.727. The summed E-state index contributed by atoms with van der Waals surface area (Å²) in [6.07, 6.45) is -1.36. The van der Waals surface area contributed by atoms with Gasteiger partial charge in [0.15, 0.2) is 0 Å². The predicted octanol–water partition coefficient (Wildman–Crippen LogP) is -0.131. The molecule has 0 aromatic heterocycles. The van der Waals surface area contributed by atoms with Crippen LogP contribution < -0.4 is 4.72 Å². The molecule has 1 aliphatic heterocycles. The van der Waals surface area contributed by atoms with Crippen molar-refractivity contribution in [3.8, 4) is 0 Å². The van der Waals surface area contributed by atoms with Crippen LogP contribution in [0.4, 0.5) is 4.79 Å². The van der Waals surface area contributed by atoms with Crippen LogP contribution in [0.3, 0.4) is 0 Å². The highest BCUT2D eigenvalue weighted by atomic mass is 32.2. The predicted molar refractivity (Wildman–Crippen MR) is 69.1 cm³/mol. The van der Waals surface area contributed by atoms with Crippen LogP contribution in [-0.2, 0) is 19.7 Å². The molecule has 10 heteroatoms. The molecular formula is C9H16N2O6S2. The van der Waals surface area contributed by atoms with Crippen molar-refractivity contribution in [3.05, 3.63) is 0 Å². The summed E-state index contributed by atoms with van der Waals surface area (Å²) in [7, 11) is -4.07. The largest absolute Gasteiger partial charge is 0.481 e. The SMILES string of the molecule is CCOC(=O)NS(=O)(=O)N1CCSCC1CC(=O)O. The lowest BCUT2D eigenvalue weighted by molar-refractivity contribution is -0.137. The van der Waals surface area contributed by atoms with E-state index in [1.54, 1.807) is 11.6 Å². The number of carboxylic acids is 1. The molecule has 0 spiro atoms. The minimum absolute atomic E-state index is 0.0513. The van der Waals surface area contributed by atoms with Crippen molar-refractivity contribution in [1.29, 1.82) is 0 Å². The third-order valence-electron chi connectivity index (χ3n) is 2.38. The van der Waals surface area contributed by atoms with Crippen LogP contribution in [0.1, 0.15) is 13.3 Å². The number of carbonyl (C=O) groups is 2. The number of nitrogens with zero attached hydrogens (tertiary/aromatic N) is 1. The number of carboxylic acid groups (broad SMARTS) is 1. The number of nitrogens with one attached hydrogen (secondary N) is 1. The molecule has 2 N–H and O–H groups in total. The van der Waals surface area contributed by atoms with Crippen molar-refractivity contribution in [2.75, 3.05) is 24.7 Å². The molecule has 1 unspecified atom stereocenters. The Morgan fingerprint density at radius 1 is 1.53 bits per heavy atom. The summed E-state index contributed by atoms with van der Waals surface area (Å²) in [5.74, 6) is -0.139. The number of carbonyl (C=O) groups excluding carboxylic acids is 1. The van der Waals surface area contributed by atoms with E-state index in [2.05, 4.69) is 4.74 Å². The highest BCUT2D eigenvalue weighted by Gasteiger charge is 2.35. The van der Waals surface area contributed by atoms with Gasteiger partial charge in [-0.3, -0.25) is 4.79 Å². The molecule has 19 heavy (non-hydrogen) atoms. The molecule has 0 aromatic rings. The first-order valence-corrected chi connectivity index (χ1v) is 8.22. The summed E-state index contributed by atoms with van der Waals surface area (Å²) in [6, 6.07) is -0.664. The van der Waals surface area contributed by atoms with Crippen LogP contribution in [0.25, 0.3) is 0 Å². The van der Waals surface area contributed by atoms with Gasteiger partial charge in [-0.1, -0.05) is 0 Å². The number of aliphatic carboxylic acids is 1. The minimum atomic E-state index is -4.07. The Balaban J connectivity index is 2.77. The van der Waals surface area contributed by atoms with Gasteiger partial charge in [-0.2, -0.15) is 24.5 Å². The van der Waals surface area contributed by atoms with E-state index in [-0.39, 0.29) is 19.6 Å². The summed E-state index contributed by atoms with van der Waals surface area (Å²) in [5.41, 5.74) is 0. The van der Waals surface area contributed by atoms with Gasteiger partial charge in [0, 0.05) is 24.1 Å². The fourth-order valence-corrected chi connectivity index (χ4v) is 4.18. The van der Waals surface area contributed by atoms with Crippen molar-refractivity contribution in [2.45, 2.75) is 19.4 Å². The number of hydrogen-bond acceptors (Lipinski definition) is 6. The molecule has 110 valence electrons. The van der Waals surface area contributed by atoms with Gasteiger partial charge < -0.3 is 9.84 Å². The first-order chi connectivity index (χ1) is 8.86. The number of amides is 1. The average molecular weight is 312 g/mol. The van der Waals surface area contributed by atoms with Crippen molar-refractivity contribution in [3.63, 3.8) is 0 Å². The zero-order chi connectivity index (χ0) is 14.5. The lowest BCUT2D eigenvalue weighted by Gasteiger charge is -2.32. The normalized spacial score (nSPS) is 20.8. The summed E-state index contributed by atoms with van der Waals surface area (Å²) < 4.78 is 31.2. The van der Waals surface area contributed by atoms with E-state index in [0.29, 0.717) is 11.5 Å². The first kappa shape index (κ1) is 16.1. The van der Waals surface area contributed by atoms with Gasteiger partial charge in [0.25, 0.3) is 0 Å². The molecule has 0 aliphatic carbocycles. The summed E-state index contributed by atoms with van der Waals surface area (Å²) in [4.78, 5) is 21.9. The number of rotatable bonds is 5. The molecule has 0 radical (unpaired) electrons. The van der Waals surface area contributed by atoms with Gasteiger partial charge in [-0.05, 0) is 6.92 Å². The molecular weight excluding hydrogens is 296 g/mol. The fraction of sp³-hybridized carbons (Fsp3) is 0.778. The van der Waals surface area contributed by atoms with Gasteiger partial charge in [0.05, 0.1) is 13.0 Å². The second kappa shape index (κ2) is 6.96. The zero-order valence-corrected chi connectivity index (χ0v) is 12.0. The number of thioether (sulfide) groups is 1. The molecule has 0 saturated carbocycles. The zero-order valence-electron chi connectivity index (χ0n) is 10.4. The van der Waals surface area contributed by atoms with Gasteiger partial charge in [0.2, 0.25) is 0 Å². The minimum Gasteiger partial charge on any atom is -0.481 e. The van der Waals surface area contributed by atoms with E-state index in [9.17, 15) is 18.0 Å². The fourth-order valence-electron chi connectivity index (χ4n) is 1.64. The van der Waals surface area contributed by atoms with E-state index >= 15 is 0 Å². The smallest absolute Gasteiger partial charge is 0.421 e. The Morgan fingerprint density at radius 3 is 2.79 bits per heavy atom. The third-order valence-corrected chi connectivity index (χ3v) is 4.99. The third kappa shape index (κ3) is 4.88. The Bertz CT molecular complexity index is 438. The maximum Gasteiger partial charge on any atom is 0.421 e. The van der Waals surface area contributed by atoms with Crippen molar-refractivity contribution in [1.82, 2.24) is 9.03 Å². The van der Waals surface area contributed by atoms with Gasteiger partial charge in [-0.25, -0.2) is 9.52 Å². The molecule has 1 aliphatic rings. The lowest BCUT2D eigenvalue weighted by atomic mass is 10.2. The van der Waals surface area contributed by atoms with Crippen molar-refractivity contribution >= 4 is 34.0 Å². The summed E-state index contributed by atoms with van der Waals surface area (Å²) in [6.45, 7) is 1.77. The number of hydrogen-bond donors (Lipinski definition) is 2. The molecule has 8 nitrogen and oxygen atoms in total.